The van der Waals surface area contributed by atoms with Crippen molar-refractivity contribution in [3.8, 4) is 39.3 Å². The summed E-state index contributed by atoms with van der Waals surface area (Å²) >= 11 is 0. The smallest absolute Gasteiger partial charge is 0.113 e. The first-order valence-electron chi connectivity index (χ1n) is 12.6. The molecular weight excluding hydrogens is 461 g/mol. The van der Waals surface area contributed by atoms with Gasteiger partial charge in [0.1, 0.15) is 7.85 Å². The lowest BCUT2D eigenvalue weighted by Gasteiger charge is -2.13. The van der Waals surface area contributed by atoms with Crippen LogP contribution in [-0.4, -0.2) is 22.4 Å². The third-order valence-corrected chi connectivity index (χ3v) is 6.99. The predicted molar refractivity (Wildman–Crippen MR) is 158 cm³/mol. The van der Waals surface area contributed by atoms with E-state index in [1.54, 1.807) is 0 Å². The molecule has 0 fully saturated rings. The van der Waals surface area contributed by atoms with Crippen molar-refractivity contribution in [2.75, 3.05) is 0 Å². The molecular formula is C34H22BN3. The highest BCUT2D eigenvalue weighted by Gasteiger charge is 2.14. The average molecular weight is 483 g/mol. The van der Waals surface area contributed by atoms with Gasteiger partial charge in [-0.15, -0.1) is 0 Å². The quantitative estimate of drug-likeness (QED) is 0.245. The minimum atomic E-state index is 0.751. The summed E-state index contributed by atoms with van der Waals surface area (Å²) in [5.41, 5.74) is 10.3. The Bertz CT molecular complexity index is 1870. The van der Waals surface area contributed by atoms with E-state index in [2.05, 4.69) is 93.4 Å². The molecule has 4 aromatic carbocycles. The molecule has 3 aromatic heterocycles. The topological polar surface area (TPSA) is 30.7 Å². The molecule has 7 aromatic rings. The lowest BCUT2D eigenvalue weighted by molar-refractivity contribution is 1.18. The van der Waals surface area contributed by atoms with Crippen molar-refractivity contribution in [3.63, 3.8) is 0 Å². The predicted octanol–water partition coefficient (Wildman–Crippen LogP) is 7.37. The molecule has 7 rings (SSSR count). The van der Waals surface area contributed by atoms with Gasteiger partial charge in [0, 0.05) is 40.0 Å². The lowest BCUT2D eigenvalue weighted by atomic mass is 9.95. The van der Waals surface area contributed by atoms with Crippen molar-refractivity contribution >= 4 is 35.1 Å². The number of para-hydroxylation sites is 1. The van der Waals surface area contributed by atoms with E-state index in [-0.39, 0.29) is 0 Å². The van der Waals surface area contributed by atoms with Crippen LogP contribution in [0.5, 0.6) is 0 Å². The largest absolute Gasteiger partial charge is 0.309 e. The lowest BCUT2D eigenvalue weighted by Crippen LogP contribution is -2.02. The number of fused-ring (bicyclic) bond motifs is 3. The van der Waals surface area contributed by atoms with Crippen molar-refractivity contribution in [3.05, 3.63) is 134 Å². The van der Waals surface area contributed by atoms with Gasteiger partial charge in [-0.1, -0.05) is 60.1 Å². The second-order valence-electron chi connectivity index (χ2n) is 9.41. The van der Waals surface area contributed by atoms with Gasteiger partial charge in [-0.2, -0.15) is 0 Å². The summed E-state index contributed by atoms with van der Waals surface area (Å²) in [7, 11) is 6.23. The Morgan fingerprint density at radius 1 is 0.474 bits per heavy atom. The Morgan fingerprint density at radius 2 is 1.13 bits per heavy atom. The SMILES string of the molecule is [B]c1ccc2c3ccccc3n(-c3cccc(-c4cc(-c5ccccn5)cc(-c5ccccn5)c4)c3)c2c1. The fourth-order valence-electron chi connectivity index (χ4n) is 5.25. The minimum absolute atomic E-state index is 0.751. The van der Waals surface area contributed by atoms with Crippen LogP contribution in [0.1, 0.15) is 0 Å². The number of nitrogens with zero attached hydrogens (tertiary/aromatic N) is 3. The monoisotopic (exact) mass is 483 g/mol. The van der Waals surface area contributed by atoms with Crippen LogP contribution in [-0.2, 0) is 0 Å². The molecule has 0 bridgehead atoms. The summed E-state index contributed by atoms with van der Waals surface area (Å²) in [5.74, 6) is 0. The maximum atomic E-state index is 6.23. The molecule has 0 atom stereocenters. The highest BCUT2D eigenvalue weighted by molar-refractivity contribution is 6.33. The van der Waals surface area contributed by atoms with Crippen LogP contribution in [0.4, 0.5) is 0 Å². The van der Waals surface area contributed by atoms with Gasteiger partial charge in [0.05, 0.1) is 22.4 Å². The van der Waals surface area contributed by atoms with Gasteiger partial charge in [0.2, 0.25) is 0 Å². The molecule has 38 heavy (non-hydrogen) atoms. The second-order valence-corrected chi connectivity index (χ2v) is 9.41. The average Bonchev–Trinajstić information content (AvgIpc) is 3.31. The van der Waals surface area contributed by atoms with E-state index in [1.807, 2.05) is 54.9 Å². The Hall–Kier alpha value is -4.96. The fourth-order valence-corrected chi connectivity index (χ4v) is 5.25. The third kappa shape index (κ3) is 3.87. The molecule has 0 aliphatic heterocycles. The van der Waals surface area contributed by atoms with Gasteiger partial charge >= 0.3 is 0 Å². The molecule has 0 saturated carbocycles. The molecule has 0 amide bonds. The number of rotatable bonds is 4. The van der Waals surface area contributed by atoms with E-state index in [0.29, 0.717) is 0 Å². The molecule has 0 aliphatic carbocycles. The van der Waals surface area contributed by atoms with Crippen LogP contribution in [0, 0.1) is 0 Å². The van der Waals surface area contributed by atoms with Crippen molar-refractivity contribution in [2.45, 2.75) is 0 Å². The van der Waals surface area contributed by atoms with Gasteiger partial charge < -0.3 is 4.57 Å². The Morgan fingerprint density at radius 3 is 1.84 bits per heavy atom. The van der Waals surface area contributed by atoms with Crippen LogP contribution < -0.4 is 5.46 Å². The van der Waals surface area contributed by atoms with Crippen molar-refractivity contribution in [2.24, 2.45) is 0 Å². The number of aromatic nitrogens is 3. The van der Waals surface area contributed by atoms with Gasteiger partial charge in [-0.05, 0) is 77.9 Å². The summed E-state index contributed by atoms with van der Waals surface area (Å²) in [5, 5.41) is 2.40. The van der Waals surface area contributed by atoms with E-state index in [4.69, 9.17) is 7.85 Å². The highest BCUT2D eigenvalue weighted by Crippen LogP contribution is 2.35. The fraction of sp³-hybridized carbons (Fsp3) is 0. The zero-order valence-corrected chi connectivity index (χ0v) is 20.6. The highest BCUT2D eigenvalue weighted by atomic mass is 15.0. The summed E-state index contributed by atoms with van der Waals surface area (Å²) in [6, 6.07) is 41.9. The molecule has 176 valence electrons. The number of hydrogen-bond donors (Lipinski definition) is 0. The van der Waals surface area contributed by atoms with Crippen LogP contribution >= 0.6 is 0 Å². The van der Waals surface area contributed by atoms with Crippen LogP contribution in [0.15, 0.2) is 134 Å². The van der Waals surface area contributed by atoms with E-state index in [1.165, 1.54) is 10.8 Å². The summed E-state index contributed by atoms with van der Waals surface area (Å²) in [6.45, 7) is 0. The molecule has 0 spiro atoms. The van der Waals surface area contributed by atoms with E-state index < -0.39 is 0 Å². The van der Waals surface area contributed by atoms with Crippen LogP contribution in [0.25, 0.3) is 61.1 Å². The minimum Gasteiger partial charge on any atom is -0.309 e. The van der Waals surface area contributed by atoms with Crippen molar-refractivity contribution in [1.82, 2.24) is 14.5 Å². The third-order valence-electron chi connectivity index (χ3n) is 6.99. The molecule has 0 unspecified atom stereocenters. The van der Waals surface area contributed by atoms with Gasteiger partial charge in [-0.3, -0.25) is 9.97 Å². The van der Waals surface area contributed by atoms with E-state index in [9.17, 15) is 0 Å². The maximum Gasteiger partial charge on any atom is 0.113 e. The van der Waals surface area contributed by atoms with Crippen molar-refractivity contribution < 1.29 is 0 Å². The summed E-state index contributed by atoms with van der Waals surface area (Å²) < 4.78 is 2.30. The van der Waals surface area contributed by atoms with Gasteiger partial charge in [0.25, 0.3) is 0 Å². The van der Waals surface area contributed by atoms with Gasteiger partial charge in [0.15, 0.2) is 0 Å². The molecule has 0 aliphatic rings. The molecule has 2 radical (unpaired) electrons. The number of hydrogen-bond acceptors (Lipinski definition) is 2. The molecule has 3 nitrogen and oxygen atoms in total. The van der Waals surface area contributed by atoms with E-state index >= 15 is 0 Å². The standard InChI is InChI=1S/C34H22BN3/c35-27-14-15-30-29-10-1-2-13-33(29)38(34(30)22-27)28-9-7-8-23(21-28)24-18-25(31-11-3-5-16-36-31)20-26(19-24)32-12-4-6-17-37-32/h1-22H. The van der Waals surface area contributed by atoms with Crippen LogP contribution in [0.3, 0.4) is 0 Å². The first-order chi connectivity index (χ1) is 18.7. The Kier molecular flexibility index (Phi) is 5.37. The van der Waals surface area contributed by atoms with Crippen LogP contribution in [0.2, 0.25) is 0 Å². The first-order valence-corrected chi connectivity index (χ1v) is 12.6. The number of benzene rings is 4. The first kappa shape index (κ1) is 22.3. The molecule has 0 N–H and O–H groups in total. The Balaban J connectivity index is 1.44. The van der Waals surface area contributed by atoms with Gasteiger partial charge in [-0.25, -0.2) is 0 Å². The molecule has 4 heteroatoms. The Labute approximate surface area is 222 Å². The summed E-state index contributed by atoms with van der Waals surface area (Å²) in [6.07, 6.45) is 3.66. The summed E-state index contributed by atoms with van der Waals surface area (Å²) in [4.78, 5) is 9.23. The normalized spacial score (nSPS) is 11.3. The maximum absolute atomic E-state index is 6.23. The second kappa shape index (κ2) is 9.17. The molecule has 3 heterocycles. The molecule has 0 saturated heterocycles. The van der Waals surface area contributed by atoms with Crippen molar-refractivity contribution in [1.29, 1.82) is 0 Å². The zero-order valence-electron chi connectivity index (χ0n) is 20.6. The zero-order chi connectivity index (χ0) is 25.5. The number of pyridine rings is 2. The van der Waals surface area contributed by atoms with E-state index in [0.717, 1.165) is 55.8 Å².